The zero-order valence-corrected chi connectivity index (χ0v) is 10.7. The van der Waals surface area contributed by atoms with Crippen LogP contribution >= 0.6 is 11.8 Å². The fraction of sp³-hybridized carbons (Fsp3) is 0.462. The third kappa shape index (κ3) is 2.82. The molecule has 0 aliphatic heterocycles. The van der Waals surface area contributed by atoms with E-state index in [4.69, 9.17) is 5.73 Å². The molecular weight excluding hydrogens is 234 g/mol. The second kappa shape index (κ2) is 5.56. The van der Waals surface area contributed by atoms with Crippen LogP contribution < -0.4 is 5.73 Å². The van der Waals surface area contributed by atoms with Gasteiger partial charge < -0.3 is 10.5 Å². The van der Waals surface area contributed by atoms with Gasteiger partial charge in [-0.25, -0.2) is 0 Å². The van der Waals surface area contributed by atoms with Crippen molar-refractivity contribution < 1.29 is 9.53 Å². The van der Waals surface area contributed by atoms with Crippen LogP contribution in [0.4, 0.5) is 0 Å². The minimum absolute atomic E-state index is 0.327. The Morgan fingerprint density at radius 3 is 3.06 bits per heavy atom. The first-order valence-electron chi connectivity index (χ1n) is 5.71. The van der Waals surface area contributed by atoms with Crippen LogP contribution in [-0.4, -0.2) is 30.6 Å². The molecule has 1 aromatic rings. The number of esters is 1. The molecule has 0 heterocycles. The summed E-state index contributed by atoms with van der Waals surface area (Å²) in [6.45, 7) is 0. The number of rotatable bonds is 5. The molecule has 2 rings (SSSR count). The van der Waals surface area contributed by atoms with Crippen molar-refractivity contribution in [2.45, 2.75) is 18.4 Å². The number of carbonyl (C=O) groups is 1. The highest BCUT2D eigenvalue weighted by molar-refractivity contribution is 7.99. The van der Waals surface area contributed by atoms with Crippen LogP contribution in [0.5, 0.6) is 0 Å². The lowest BCUT2D eigenvalue weighted by atomic mass is 9.79. The second-order valence-corrected chi connectivity index (χ2v) is 5.34. The van der Waals surface area contributed by atoms with E-state index in [1.807, 2.05) is 0 Å². The number of methoxy groups -OCH3 is 1. The van der Waals surface area contributed by atoms with Crippen molar-refractivity contribution in [2.24, 2.45) is 5.73 Å². The Bertz CT molecular complexity index is 408. The first-order valence-corrected chi connectivity index (χ1v) is 6.86. The lowest BCUT2D eigenvalue weighted by Crippen LogP contribution is -2.34. The number of ether oxygens (including phenoxy) is 1. The smallest absolute Gasteiger partial charge is 0.323 e. The van der Waals surface area contributed by atoms with Crippen molar-refractivity contribution in [1.82, 2.24) is 0 Å². The molecule has 0 amide bonds. The van der Waals surface area contributed by atoms with Crippen LogP contribution in [-0.2, 0) is 16.0 Å². The van der Waals surface area contributed by atoms with E-state index in [1.165, 1.54) is 18.2 Å². The van der Waals surface area contributed by atoms with Crippen molar-refractivity contribution in [3.05, 3.63) is 35.4 Å². The van der Waals surface area contributed by atoms with Crippen LogP contribution in [0, 0.1) is 0 Å². The Balaban J connectivity index is 1.73. The monoisotopic (exact) mass is 251 g/mol. The molecule has 92 valence electrons. The standard InChI is InChI=1S/C13H17NO2S/c1-16-13(15)12(14)8-17-7-10-6-9-4-2-3-5-11(9)10/h2-5,10,12H,6-8,14H2,1H3. The molecule has 17 heavy (non-hydrogen) atoms. The zero-order chi connectivity index (χ0) is 12.3. The molecule has 0 spiro atoms. The van der Waals surface area contributed by atoms with Gasteiger partial charge in [0.2, 0.25) is 0 Å². The van der Waals surface area contributed by atoms with E-state index in [2.05, 4.69) is 29.0 Å². The van der Waals surface area contributed by atoms with Gasteiger partial charge in [-0.1, -0.05) is 24.3 Å². The summed E-state index contributed by atoms with van der Waals surface area (Å²) in [7, 11) is 1.37. The first-order chi connectivity index (χ1) is 8.22. The first kappa shape index (κ1) is 12.5. The summed E-state index contributed by atoms with van der Waals surface area (Å²) < 4.78 is 4.59. The quantitative estimate of drug-likeness (QED) is 0.807. The van der Waals surface area contributed by atoms with E-state index in [0.29, 0.717) is 11.7 Å². The van der Waals surface area contributed by atoms with E-state index < -0.39 is 6.04 Å². The van der Waals surface area contributed by atoms with Gasteiger partial charge in [-0.2, -0.15) is 11.8 Å². The van der Waals surface area contributed by atoms with Gasteiger partial charge in [-0.15, -0.1) is 0 Å². The number of benzene rings is 1. The molecule has 0 saturated carbocycles. The lowest BCUT2D eigenvalue weighted by Gasteiger charge is -2.29. The maximum atomic E-state index is 11.1. The van der Waals surface area contributed by atoms with Crippen molar-refractivity contribution in [2.75, 3.05) is 18.6 Å². The SMILES string of the molecule is COC(=O)C(N)CSCC1Cc2ccccc21. The lowest BCUT2D eigenvalue weighted by molar-refractivity contribution is -0.141. The molecule has 2 atom stereocenters. The Morgan fingerprint density at radius 1 is 1.59 bits per heavy atom. The second-order valence-electron chi connectivity index (χ2n) is 4.27. The molecule has 2 N–H and O–H groups in total. The van der Waals surface area contributed by atoms with Crippen molar-refractivity contribution >= 4 is 17.7 Å². The van der Waals surface area contributed by atoms with E-state index >= 15 is 0 Å². The van der Waals surface area contributed by atoms with Crippen LogP contribution in [0.3, 0.4) is 0 Å². The fourth-order valence-electron chi connectivity index (χ4n) is 2.07. The van der Waals surface area contributed by atoms with Crippen molar-refractivity contribution in [3.63, 3.8) is 0 Å². The molecule has 3 nitrogen and oxygen atoms in total. The van der Waals surface area contributed by atoms with Crippen LogP contribution in [0.25, 0.3) is 0 Å². The number of thioether (sulfide) groups is 1. The van der Waals surface area contributed by atoms with Gasteiger partial charge in [0, 0.05) is 11.5 Å². The highest BCUT2D eigenvalue weighted by Gasteiger charge is 2.25. The number of fused-ring (bicyclic) bond motifs is 1. The Kier molecular flexibility index (Phi) is 4.07. The third-order valence-electron chi connectivity index (χ3n) is 3.08. The molecule has 0 aromatic heterocycles. The average molecular weight is 251 g/mol. The van der Waals surface area contributed by atoms with Gasteiger partial charge in [-0.3, -0.25) is 4.79 Å². The largest absolute Gasteiger partial charge is 0.468 e. The minimum Gasteiger partial charge on any atom is -0.468 e. The Hall–Kier alpha value is -1.00. The van der Waals surface area contributed by atoms with Gasteiger partial charge in [-0.05, 0) is 23.5 Å². The van der Waals surface area contributed by atoms with E-state index in [9.17, 15) is 4.79 Å². The number of carbonyl (C=O) groups excluding carboxylic acids is 1. The Labute approximate surface area is 106 Å². The summed E-state index contributed by atoms with van der Waals surface area (Å²) in [4.78, 5) is 11.1. The molecule has 0 fully saturated rings. The molecule has 1 aromatic carbocycles. The highest BCUT2D eigenvalue weighted by atomic mass is 32.2. The van der Waals surface area contributed by atoms with Gasteiger partial charge in [0.25, 0.3) is 0 Å². The fourth-order valence-corrected chi connectivity index (χ4v) is 3.18. The van der Waals surface area contributed by atoms with E-state index in [-0.39, 0.29) is 5.97 Å². The zero-order valence-electron chi connectivity index (χ0n) is 9.89. The average Bonchev–Trinajstić information content (AvgIpc) is 2.33. The summed E-state index contributed by atoms with van der Waals surface area (Å²) in [6, 6.07) is 8.02. The highest BCUT2D eigenvalue weighted by Crippen LogP contribution is 2.36. The maximum Gasteiger partial charge on any atom is 0.323 e. The summed E-state index contributed by atoms with van der Waals surface area (Å²) in [5.74, 6) is 1.96. The van der Waals surface area contributed by atoms with Crippen molar-refractivity contribution in [1.29, 1.82) is 0 Å². The molecule has 0 saturated heterocycles. The predicted molar refractivity (Wildman–Crippen MR) is 70.2 cm³/mol. The molecule has 1 aliphatic carbocycles. The molecule has 2 unspecified atom stereocenters. The summed E-state index contributed by atoms with van der Waals surface area (Å²) >= 11 is 1.73. The molecule has 1 aliphatic rings. The summed E-state index contributed by atoms with van der Waals surface area (Å²) in [5.41, 5.74) is 8.58. The molecule has 4 heteroatoms. The minimum atomic E-state index is -0.500. The van der Waals surface area contributed by atoms with Crippen LogP contribution in [0.15, 0.2) is 24.3 Å². The number of hydrogen-bond donors (Lipinski definition) is 1. The molecule has 0 radical (unpaired) electrons. The number of hydrogen-bond acceptors (Lipinski definition) is 4. The van der Waals surface area contributed by atoms with Gasteiger partial charge in [0.1, 0.15) is 6.04 Å². The van der Waals surface area contributed by atoms with E-state index in [1.54, 1.807) is 11.8 Å². The maximum absolute atomic E-state index is 11.1. The molecule has 0 bridgehead atoms. The van der Waals surface area contributed by atoms with Gasteiger partial charge >= 0.3 is 5.97 Å². The summed E-state index contributed by atoms with van der Waals surface area (Å²) in [6.07, 6.45) is 1.15. The van der Waals surface area contributed by atoms with E-state index in [0.717, 1.165) is 12.2 Å². The van der Waals surface area contributed by atoms with Crippen LogP contribution in [0.1, 0.15) is 17.0 Å². The van der Waals surface area contributed by atoms with Gasteiger partial charge in [0.15, 0.2) is 0 Å². The third-order valence-corrected chi connectivity index (χ3v) is 4.31. The summed E-state index contributed by atoms with van der Waals surface area (Å²) in [5, 5.41) is 0. The number of nitrogens with two attached hydrogens (primary N) is 1. The predicted octanol–water partition coefficient (Wildman–Crippen LogP) is 1.56. The Morgan fingerprint density at radius 2 is 2.35 bits per heavy atom. The van der Waals surface area contributed by atoms with Crippen LogP contribution in [0.2, 0.25) is 0 Å². The normalized spacial score (nSPS) is 19.1. The topological polar surface area (TPSA) is 52.3 Å². The van der Waals surface area contributed by atoms with Gasteiger partial charge in [0.05, 0.1) is 7.11 Å². The molecular formula is C13H17NO2S. The van der Waals surface area contributed by atoms with Crippen molar-refractivity contribution in [3.8, 4) is 0 Å².